The summed E-state index contributed by atoms with van der Waals surface area (Å²) in [7, 11) is 1.59. The van der Waals surface area contributed by atoms with E-state index in [1.165, 1.54) is 6.07 Å². The van der Waals surface area contributed by atoms with E-state index in [0.29, 0.717) is 23.6 Å². The van der Waals surface area contributed by atoms with Crippen LogP contribution in [0, 0.1) is 6.92 Å². The first-order valence-corrected chi connectivity index (χ1v) is 7.90. The highest BCUT2D eigenvalue weighted by atomic mass is 16.7. The molecular weight excluding hydrogens is 310 g/mol. The number of fused-ring (bicyclic) bond motifs is 3. The molecule has 0 radical (unpaired) electrons. The number of hydrogen-bond acceptors (Lipinski definition) is 6. The van der Waals surface area contributed by atoms with Gasteiger partial charge in [-0.2, -0.15) is 0 Å². The molecule has 130 valence electrons. The number of benzene rings is 1. The predicted octanol–water partition coefficient (Wildman–Crippen LogP) is 3.39. The van der Waals surface area contributed by atoms with Crippen molar-refractivity contribution in [2.24, 2.45) is 0 Å². The molecule has 0 spiro atoms. The van der Waals surface area contributed by atoms with E-state index < -0.39 is 17.0 Å². The van der Waals surface area contributed by atoms with Crippen LogP contribution in [-0.4, -0.2) is 25.0 Å². The number of hydrogen-bond donors (Lipinski definition) is 0. The van der Waals surface area contributed by atoms with Crippen LogP contribution in [-0.2, 0) is 9.57 Å². The van der Waals surface area contributed by atoms with E-state index in [2.05, 4.69) is 0 Å². The third-order valence-corrected chi connectivity index (χ3v) is 3.81. The Morgan fingerprint density at radius 3 is 2.62 bits per heavy atom. The van der Waals surface area contributed by atoms with E-state index in [0.717, 1.165) is 10.9 Å². The minimum atomic E-state index is -0.947. The van der Waals surface area contributed by atoms with Gasteiger partial charge in [-0.3, -0.25) is 4.84 Å². The van der Waals surface area contributed by atoms with Crippen LogP contribution < -0.4 is 15.4 Å². The first-order valence-electron chi connectivity index (χ1n) is 7.90. The van der Waals surface area contributed by atoms with Gasteiger partial charge in [0.2, 0.25) is 5.79 Å². The van der Waals surface area contributed by atoms with E-state index >= 15 is 0 Å². The summed E-state index contributed by atoms with van der Waals surface area (Å²) in [6.45, 7) is 9.98. The number of nitrogens with zero attached hydrogens (tertiary/aromatic N) is 1. The van der Waals surface area contributed by atoms with Gasteiger partial charge in [-0.05, 0) is 45.4 Å². The molecule has 0 saturated carbocycles. The molecule has 2 heterocycles. The van der Waals surface area contributed by atoms with Gasteiger partial charge in [0.25, 0.3) is 0 Å². The highest BCUT2D eigenvalue weighted by Gasteiger charge is 2.41. The third kappa shape index (κ3) is 2.99. The second kappa shape index (κ2) is 5.50. The Kier molecular flexibility index (Phi) is 3.85. The monoisotopic (exact) mass is 333 g/mol. The zero-order chi connectivity index (χ0) is 17.7. The van der Waals surface area contributed by atoms with Crippen molar-refractivity contribution in [2.45, 2.75) is 46.0 Å². The zero-order valence-electron chi connectivity index (χ0n) is 14.9. The van der Waals surface area contributed by atoms with Crippen LogP contribution in [0.2, 0.25) is 0 Å². The second-order valence-corrected chi connectivity index (χ2v) is 7.21. The predicted molar refractivity (Wildman–Crippen MR) is 91.4 cm³/mol. The maximum absolute atomic E-state index is 11.8. The van der Waals surface area contributed by atoms with Crippen LogP contribution >= 0.6 is 0 Å². The van der Waals surface area contributed by atoms with Crippen LogP contribution in [0.15, 0.2) is 27.4 Å². The van der Waals surface area contributed by atoms with Gasteiger partial charge in [-0.25, -0.2) is 9.86 Å². The highest BCUT2D eigenvalue weighted by molar-refractivity contribution is 5.91. The number of ether oxygens (including phenoxy) is 2. The van der Waals surface area contributed by atoms with Crippen molar-refractivity contribution in [1.29, 1.82) is 0 Å². The van der Waals surface area contributed by atoms with E-state index in [1.807, 2.05) is 46.8 Å². The Bertz CT molecular complexity index is 836. The highest BCUT2D eigenvalue weighted by Crippen LogP contribution is 2.43. The van der Waals surface area contributed by atoms with Crippen molar-refractivity contribution in [2.75, 3.05) is 18.7 Å². The molecule has 0 saturated heterocycles. The van der Waals surface area contributed by atoms with Crippen LogP contribution in [0.25, 0.3) is 11.0 Å². The lowest BCUT2D eigenvalue weighted by atomic mass is 10.1. The molecule has 3 rings (SSSR count). The molecule has 0 amide bonds. The van der Waals surface area contributed by atoms with Gasteiger partial charge in [0.1, 0.15) is 12.2 Å². The van der Waals surface area contributed by atoms with Gasteiger partial charge in [-0.1, -0.05) is 0 Å². The summed E-state index contributed by atoms with van der Waals surface area (Å²) in [5.74, 6) is -0.495. The topological polar surface area (TPSA) is 61.1 Å². The molecule has 2 aromatic rings. The van der Waals surface area contributed by atoms with Crippen LogP contribution in [0.5, 0.6) is 5.75 Å². The zero-order valence-corrected chi connectivity index (χ0v) is 14.9. The summed E-state index contributed by atoms with van der Waals surface area (Å²) >= 11 is 0. The maximum Gasteiger partial charge on any atom is 0.336 e. The summed E-state index contributed by atoms with van der Waals surface area (Å²) in [5.41, 5.74) is 1.12. The third-order valence-electron chi connectivity index (χ3n) is 3.81. The van der Waals surface area contributed by atoms with E-state index in [4.69, 9.17) is 18.7 Å². The molecule has 1 unspecified atom stereocenters. The van der Waals surface area contributed by atoms with Crippen molar-refractivity contribution >= 4 is 16.7 Å². The molecule has 24 heavy (non-hydrogen) atoms. The molecule has 1 aliphatic rings. The Balaban J connectivity index is 2.20. The number of anilines is 1. The fourth-order valence-electron chi connectivity index (χ4n) is 3.10. The lowest BCUT2D eigenvalue weighted by Gasteiger charge is -2.43. The smallest absolute Gasteiger partial charge is 0.336 e. The normalized spacial score (nSPS) is 20.8. The van der Waals surface area contributed by atoms with Gasteiger partial charge < -0.3 is 13.9 Å². The molecule has 0 N–H and O–H groups in total. The minimum absolute atomic E-state index is 0.384. The van der Waals surface area contributed by atoms with Crippen molar-refractivity contribution in [3.8, 4) is 5.75 Å². The van der Waals surface area contributed by atoms with Crippen molar-refractivity contribution in [3.05, 3.63) is 34.2 Å². The largest absolute Gasteiger partial charge is 0.454 e. The molecule has 0 fully saturated rings. The van der Waals surface area contributed by atoms with E-state index in [-0.39, 0.29) is 0 Å². The van der Waals surface area contributed by atoms with Crippen LogP contribution in [0.3, 0.4) is 0 Å². The Labute approximate surface area is 140 Å². The van der Waals surface area contributed by atoms with Gasteiger partial charge in [0.15, 0.2) is 11.3 Å². The molecule has 0 bridgehead atoms. The summed E-state index contributed by atoms with van der Waals surface area (Å²) in [6.07, 6.45) is 0. The Morgan fingerprint density at radius 2 is 2.00 bits per heavy atom. The average Bonchev–Trinajstić information content (AvgIpc) is 2.44. The van der Waals surface area contributed by atoms with Gasteiger partial charge >= 0.3 is 5.63 Å². The number of hydroxylamine groups is 1. The lowest BCUT2D eigenvalue weighted by Crippen LogP contribution is -2.53. The number of rotatable bonds is 2. The Hall–Kier alpha value is -2.05. The quantitative estimate of drug-likeness (QED) is 0.785. The van der Waals surface area contributed by atoms with Crippen molar-refractivity contribution < 1.29 is 18.7 Å². The molecule has 1 aromatic carbocycles. The molecule has 6 heteroatoms. The molecule has 0 aliphatic carbocycles. The lowest BCUT2D eigenvalue weighted by molar-refractivity contribution is -0.228. The van der Waals surface area contributed by atoms with Crippen LogP contribution in [0.1, 0.15) is 33.3 Å². The summed E-state index contributed by atoms with van der Waals surface area (Å²) < 4.78 is 17.7. The standard InChI is InChI=1S/C18H23NO5/c1-11-9-14(20)22-15-12(11)7-8-13-16(15)23-18(5,10-19(13)21-6)24-17(2,3)4/h7-9H,10H2,1-6H3. The SMILES string of the molecule is CON1CC(C)(OC(C)(C)C)Oc2c1ccc1c(C)cc(=O)oc21. The Morgan fingerprint density at radius 1 is 1.29 bits per heavy atom. The summed E-state index contributed by atoms with van der Waals surface area (Å²) in [6, 6.07) is 5.26. The van der Waals surface area contributed by atoms with Gasteiger partial charge in [0.05, 0.1) is 12.7 Å². The minimum Gasteiger partial charge on any atom is -0.454 e. The van der Waals surface area contributed by atoms with E-state index in [9.17, 15) is 4.79 Å². The van der Waals surface area contributed by atoms with E-state index in [1.54, 1.807) is 12.2 Å². The fourth-order valence-corrected chi connectivity index (χ4v) is 3.10. The summed E-state index contributed by atoms with van der Waals surface area (Å²) in [5, 5.41) is 2.51. The van der Waals surface area contributed by atoms with Crippen molar-refractivity contribution in [3.63, 3.8) is 0 Å². The molecular formula is C18H23NO5. The molecule has 1 aliphatic heterocycles. The van der Waals surface area contributed by atoms with Crippen molar-refractivity contribution in [1.82, 2.24) is 0 Å². The summed E-state index contributed by atoms with van der Waals surface area (Å²) in [4.78, 5) is 17.3. The average molecular weight is 333 g/mol. The molecule has 6 nitrogen and oxygen atoms in total. The second-order valence-electron chi connectivity index (χ2n) is 7.21. The molecule has 1 aromatic heterocycles. The van der Waals surface area contributed by atoms with Gasteiger partial charge in [-0.15, -0.1) is 0 Å². The first-order chi connectivity index (χ1) is 11.1. The maximum atomic E-state index is 11.8. The molecule has 1 atom stereocenters. The number of aryl methyl sites for hydroxylation is 1. The van der Waals surface area contributed by atoms with Gasteiger partial charge in [0, 0.05) is 18.4 Å². The first kappa shape index (κ1) is 16.8. The fraction of sp³-hybridized carbons (Fsp3) is 0.500. The van der Waals surface area contributed by atoms with Crippen LogP contribution in [0.4, 0.5) is 5.69 Å².